The van der Waals surface area contributed by atoms with Crippen LogP contribution in [0.5, 0.6) is 5.75 Å². The number of para-hydroxylation sites is 1. The van der Waals surface area contributed by atoms with E-state index in [-0.39, 0.29) is 19.0 Å². The third-order valence-electron chi connectivity index (χ3n) is 3.38. The number of benzene rings is 2. The number of hydrogen-bond acceptors (Lipinski definition) is 3. The summed E-state index contributed by atoms with van der Waals surface area (Å²) >= 11 is 0. The van der Waals surface area contributed by atoms with Crippen molar-refractivity contribution < 1.29 is 14.2 Å². The summed E-state index contributed by atoms with van der Waals surface area (Å²) in [6, 6.07) is 12.2. The molecule has 21 heavy (non-hydrogen) atoms. The average molecular weight is 286 g/mol. The topological polar surface area (TPSA) is 47.3 Å². The van der Waals surface area contributed by atoms with Gasteiger partial charge in [-0.25, -0.2) is 4.39 Å². The third kappa shape index (κ3) is 2.60. The molecule has 0 atom stereocenters. The van der Waals surface area contributed by atoms with Gasteiger partial charge in [0.1, 0.15) is 12.3 Å². The number of aromatic nitrogens is 2. The number of aliphatic hydroxyl groups is 1. The molecule has 0 aliphatic carbocycles. The van der Waals surface area contributed by atoms with Gasteiger partial charge in [-0.3, -0.25) is 4.68 Å². The van der Waals surface area contributed by atoms with Crippen LogP contribution in [-0.4, -0.2) is 14.9 Å². The first kappa shape index (κ1) is 13.6. The van der Waals surface area contributed by atoms with Gasteiger partial charge in [0.05, 0.1) is 12.1 Å². The fourth-order valence-electron chi connectivity index (χ4n) is 2.30. The summed E-state index contributed by atoms with van der Waals surface area (Å²) in [6.45, 7) is -0.00117. The predicted molar refractivity (Wildman–Crippen MR) is 77.4 cm³/mol. The van der Waals surface area contributed by atoms with E-state index >= 15 is 0 Å². The lowest BCUT2D eigenvalue weighted by atomic mass is 10.2. The van der Waals surface area contributed by atoms with Crippen molar-refractivity contribution in [3.8, 4) is 5.75 Å². The number of aryl methyl sites for hydroxylation is 1. The summed E-state index contributed by atoms with van der Waals surface area (Å²) in [5.74, 6) is -0.330. The molecule has 5 heteroatoms. The predicted octanol–water partition coefficient (Wildman–Crippen LogP) is 2.78. The van der Waals surface area contributed by atoms with Gasteiger partial charge in [0.15, 0.2) is 11.6 Å². The van der Waals surface area contributed by atoms with Gasteiger partial charge in [0.2, 0.25) is 0 Å². The molecule has 1 N–H and O–H groups in total. The van der Waals surface area contributed by atoms with Crippen LogP contribution in [0.3, 0.4) is 0 Å². The maximum Gasteiger partial charge on any atom is 0.165 e. The number of fused-ring (bicyclic) bond motifs is 1. The Kier molecular flexibility index (Phi) is 3.58. The van der Waals surface area contributed by atoms with E-state index in [0.29, 0.717) is 5.56 Å². The van der Waals surface area contributed by atoms with E-state index in [0.717, 1.165) is 16.6 Å². The quantitative estimate of drug-likeness (QED) is 0.802. The van der Waals surface area contributed by atoms with Crippen molar-refractivity contribution in [1.29, 1.82) is 0 Å². The van der Waals surface area contributed by atoms with Crippen LogP contribution in [0.2, 0.25) is 0 Å². The van der Waals surface area contributed by atoms with Crippen LogP contribution in [0, 0.1) is 5.82 Å². The summed E-state index contributed by atoms with van der Waals surface area (Å²) in [5.41, 5.74) is 2.29. The highest BCUT2D eigenvalue weighted by atomic mass is 19.1. The largest absolute Gasteiger partial charge is 0.484 e. The highest BCUT2D eigenvalue weighted by molar-refractivity contribution is 5.81. The normalized spacial score (nSPS) is 11.0. The second kappa shape index (κ2) is 5.54. The average Bonchev–Trinajstić information content (AvgIpc) is 2.83. The first-order chi connectivity index (χ1) is 10.2. The Labute approximate surface area is 121 Å². The second-order valence-electron chi connectivity index (χ2n) is 4.80. The lowest BCUT2D eigenvalue weighted by molar-refractivity contribution is 0.275. The Morgan fingerprint density at radius 2 is 2.05 bits per heavy atom. The number of hydrogen-bond donors (Lipinski definition) is 1. The fourth-order valence-corrected chi connectivity index (χ4v) is 2.30. The van der Waals surface area contributed by atoms with Crippen molar-refractivity contribution in [1.82, 2.24) is 9.78 Å². The molecular weight excluding hydrogens is 271 g/mol. The molecule has 4 nitrogen and oxygen atoms in total. The van der Waals surface area contributed by atoms with Crippen molar-refractivity contribution in [2.45, 2.75) is 13.2 Å². The van der Waals surface area contributed by atoms with E-state index in [2.05, 4.69) is 5.10 Å². The van der Waals surface area contributed by atoms with Crippen LogP contribution in [0.1, 0.15) is 11.3 Å². The molecular formula is C16H15FN2O2. The smallest absolute Gasteiger partial charge is 0.165 e. The van der Waals surface area contributed by atoms with Gasteiger partial charge in [-0.1, -0.05) is 24.3 Å². The summed E-state index contributed by atoms with van der Waals surface area (Å²) < 4.78 is 21.1. The van der Waals surface area contributed by atoms with E-state index in [1.54, 1.807) is 10.7 Å². The van der Waals surface area contributed by atoms with Crippen molar-refractivity contribution in [2.24, 2.45) is 7.05 Å². The fraction of sp³-hybridized carbons (Fsp3) is 0.188. The maximum absolute atomic E-state index is 13.8. The monoisotopic (exact) mass is 286 g/mol. The SMILES string of the molecule is Cn1nc(COc2ccc(CO)cc2F)c2ccccc21. The zero-order valence-electron chi connectivity index (χ0n) is 11.6. The third-order valence-corrected chi connectivity index (χ3v) is 3.38. The minimum absolute atomic E-state index is 0.155. The molecule has 0 radical (unpaired) electrons. The molecule has 1 heterocycles. The van der Waals surface area contributed by atoms with Crippen LogP contribution in [0.25, 0.3) is 10.9 Å². The van der Waals surface area contributed by atoms with Gasteiger partial charge < -0.3 is 9.84 Å². The number of rotatable bonds is 4. The summed E-state index contributed by atoms with van der Waals surface area (Å²) in [4.78, 5) is 0. The zero-order valence-corrected chi connectivity index (χ0v) is 11.6. The van der Waals surface area contributed by atoms with E-state index < -0.39 is 5.82 Å². The first-order valence-corrected chi connectivity index (χ1v) is 6.61. The molecule has 108 valence electrons. The molecule has 3 aromatic rings. The molecule has 0 spiro atoms. The van der Waals surface area contributed by atoms with Gasteiger partial charge in [0, 0.05) is 12.4 Å². The number of aliphatic hydroxyl groups excluding tert-OH is 1. The van der Waals surface area contributed by atoms with Crippen molar-refractivity contribution in [2.75, 3.05) is 0 Å². The highest BCUT2D eigenvalue weighted by Gasteiger charge is 2.10. The van der Waals surface area contributed by atoms with E-state index in [9.17, 15) is 4.39 Å². The lowest BCUT2D eigenvalue weighted by Crippen LogP contribution is -2.00. The Bertz CT molecular complexity index is 783. The molecule has 0 saturated heterocycles. The Balaban J connectivity index is 1.84. The van der Waals surface area contributed by atoms with E-state index in [1.165, 1.54) is 12.1 Å². The maximum atomic E-state index is 13.8. The van der Waals surface area contributed by atoms with Gasteiger partial charge in [-0.15, -0.1) is 0 Å². The summed E-state index contributed by atoms with van der Waals surface area (Å²) in [6.07, 6.45) is 0. The Hall–Kier alpha value is -2.40. The van der Waals surface area contributed by atoms with Gasteiger partial charge >= 0.3 is 0 Å². The summed E-state index contributed by atoms with van der Waals surface area (Å²) in [5, 5.41) is 14.4. The van der Waals surface area contributed by atoms with Gasteiger partial charge in [-0.05, 0) is 23.8 Å². The molecule has 0 unspecified atom stereocenters. The van der Waals surface area contributed by atoms with Crippen LogP contribution in [0.15, 0.2) is 42.5 Å². The van der Waals surface area contributed by atoms with Crippen LogP contribution in [-0.2, 0) is 20.3 Å². The minimum atomic E-state index is -0.484. The molecule has 1 aromatic heterocycles. The second-order valence-corrected chi connectivity index (χ2v) is 4.80. The van der Waals surface area contributed by atoms with Gasteiger partial charge in [-0.2, -0.15) is 5.10 Å². The van der Waals surface area contributed by atoms with Crippen LogP contribution < -0.4 is 4.74 Å². The molecule has 0 fully saturated rings. The lowest BCUT2D eigenvalue weighted by Gasteiger charge is -2.07. The standard InChI is InChI=1S/C16H15FN2O2/c1-19-15-5-3-2-4-12(15)14(18-19)10-21-16-7-6-11(9-20)8-13(16)17/h2-8,20H,9-10H2,1H3. The number of nitrogens with zero attached hydrogens (tertiary/aromatic N) is 2. The van der Waals surface area contributed by atoms with Gasteiger partial charge in [0.25, 0.3) is 0 Å². The minimum Gasteiger partial charge on any atom is -0.484 e. The van der Waals surface area contributed by atoms with E-state index in [4.69, 9.17) is 9.84 Å². The number of ether oxygens (including phenoxy) is 1. The number of halogens is 1. The first-order valence-electron chi connectivity index (χ1n) is 6.61. The molecule has 2 aromatic carbocycles. The molecule has 0 amide bonds. The van der Waals surface area contributed by atoms with Crippen LogP contribution >= 0.6 is 0 Å². The molecule has 0 saturated carbocycles. The van der Waals surface area contributed by atoms with Crippen LogP contribution in [0.4, 0.5) is 4.39 Å². The Morgan fingerprint density at radius 3 is 2.81 bits per heavy atom. The Morgan fingerprint density at radius 1 is 1.24 bits per heavy atom. The highest BCUT2D eigenvalue weighted by Crippen LogP contribution is 2.22. The van der Waals surface area contributed by atoms with E-state index in [1.807, 2.05) is 31.3 Å². The van der Waals surface area contributed by atoms with Crippen molar-refractivity contribution >= 4 is 10.9 Å². The molecule has 0 bridgehead atoms. The molecule has 0 aliphatic rings. The summed E-state index contributed by atoms with van der Waals surface area (Å²) in [7, 11) is 1.86. The zero-order chi connectivity index (χ0) is 14.8. The van der Waals surface area contributed by atoms with Crippen molar-refractivity contribution in [3.63, 3.8) is 0 Å². The molecule has 3 rings (SSSR count). The van der Waals surface area contributed by atoms with Crippen molar-refractivity contribution in [3.05, 3.63) is 59.5 Å². The molecule has 0 aliphatic heterocycles.